The summed E-state index contributed by atoms with van der Waals surface area (Å²) >= 11 is 11.9. The van der Waals surface area contributed by atoms with Crippen molar-refractivity contribution in [2.75, 3.05) is 18.4 Å². The minimum atomic E-state index is -0.372. The van der Waals surface area contributed by atoms with Crippen LogP contribution in [-0.2, 0) is 11.3 Å². The molecule has 2 aromatic carbocycles. The second-order valence-electron chi connectivity index (χ2n) is 6.29. The largest absolute Gasteiger partial charge is 0.338 e. The number of hydrogen-bond donors (Lipinski definition) is 2. The lowest BCUT2D eigenvalue weighted by Crippen LogP contribution is -2.34. The van der Waals surface area contributed by atoms with Crippen LogP contribution in [0.15, 0.2) is 48.5 Å². The van der Waals surface area contributed by atoms with Crippen LogP contribution in [-0.4, -0.2) is 29.9 Å². The maximum Gasteiger partial charge on any atom is 0.319 e. The fourth-order valence-corrected chi connectivity index (χ4v) is 3.28. The van der Waals surface area contributed by atoms with Crippen LogP contribution < -0.4 is 10.6 Å². The van der Waals surface area contributed by atoms with Crippen molar-refractivity contribution >= 4 is 40.8 Å². The Labute approximate surface area is 162 Å². The number of halogens is 2. The molecule has 3 rings (SSSR count). The number of rotatable bonds is 5. The van der Waals surface area contributed by atoms with Gasteiger partial charge in [-0.2, -0.15) is 0 Å². The average Bonchev–Trinajstić information content (AvgIpc) is 2.97. The zero-order chi connectivity index (χ0) is 18.5. The van der Waals surface area contributed by atoms with Gasteiger partial charge in [0.1, 0.15) is 0 Å². The third-order valence-corrected chi connectivity index (χ3v) is 4.80. The molecule has 7 heteroatoms. The van der Waals surface area contributed by atoms with Crippen LogP contribution in [0, 0.1) is 5.92 Å². The van der Waals surface area contributed by atoms with Gasteiger partial charge < -0.3 is 15.5 Å². The number of amides is 3. The maximum absolute atomic E-state index is 12.2. The Morgan fingerprint density at radius 2 is 1.92 bits per heavy atom. The monoisotopic (exact) mass is 391 g/mol. The summed E-state index contributed by atoms with van der Waals surface area (Å²) in [5.74, 6) is 0.200. The second-order valence-corrected chi connectivity index (χ2v) is 7.13. The highest BCUT2D eigenvalue weighted by Gasteiger charge is 2.29. The van der Waals surface area contributed by atoms with Crippen molar-refractivity contribution in [3.05, 3.63) is 64.1 Å². The van der Waals surface area contributed by atoms with Crippen molar-refractivity contribution in [1.29, 1.82) is 0 Å². The molecule has 1 aliphatic rings. The van der Waals surface area contributed by atoms with E-state index in [1.165, 1.54) is 0 Å². The second kappa shape index (κ2) is 8.43. The van der Waals surface area contributed by atoms with E-state index in [1.54, 1.807) is 18.2 Å². The van der Waals surface area contributed by atoms with Gasteiger partial charge in [0.15, 0.2) is 0 Å². The minimum Gasteiger partial charge on any atom is -0.338 e. The van der Waals surface area contributed by atoms with Crippen LogP contribution in [0.2, 0.25) is 10.0 Å². The lowest BCUT2D eigenvalue weighted by atomic mass is 10.1. The van der Waals surface area contributed by atoms with Crippen LogP contribution in [0.1, 0.15) is 12.0 Å². The molecule has 2 aromatic rings. The van der Waals surface area contributed by atoms with E-state index in [0.717, 1.165) is 5.56 Å². The Bertz CT molecular complexity index is 799. The van der Waals surface area contributed by atoms with Gasteiger partial charge in [0.25, 0.3) is 0 Å². The van der Waals surface area contributed by atoms with Gasteiger partial charge in [-0.3, -0.25) is 4.79 Å². The van der Waals surface area contributed by atoms with Crippen LogP contribution in [0.3, 0.4) is 0 Å². The lowest BCUT2D eigenvalue weighted by molar-refractivity contribution is -0.128. The van der Waals surface area contributed by atoms with Crippen LogP contribution >= 0.6 is 23.2 Å². The number of carbonyl (C=O) groups is 2. The number of urea groups is 1. The molecule has 0 aromatic heterocycles. The molecule has 0 spiro atoms. The molecular weight excluding hydrogens is 373 g/mol. The van der Waals surface area contributed by atoms with E-state index >= 15 is 0 Å². The van der Waals surface area contributed by atoms with Gasteiger partial charge in [0.05, 0.1) is 10.7 Å². The van der Waals surface area contributed by atoms with Gasteiger partial charge in [-0.15, -0.1) is 0 Å². The molecule has 26 heavy (non-hydrogen) atoms. The molecule has 5 nitrogen and oxygen atoms in total. The van der Waals surface area contributed by atoms with Gasteiger partial charge in [-0.25, -0.2) is 4.79 Å². The van der Waals surface area contributed by atoms with Crippen molar-refractivity contribution in [2.45, 2.75) is 13.0 Å². The highest BCUT2D eigenvalue weighted by molar-refractivity contribution is 6.35. The molecule has 0 aliphatic carbocycles. The van der Waals surface area contributed by atoms with Gasteiger partial charge in [-0.05, 0) is 23.8 Å². The highest BCUT2D eigenvalue weighted by atomic mass is 35.5. The molecule has 1 fully saturated rings. The normalized spacial score (nSPS) is 16.6. The van der Waals surface area contributed by atoms with E-state index < -0.39 is 0 Å². The van der Waals surface area contributed by atoms with Crippen molar-refractivity contribution < 1.29 is 9.59 Å². The maximum atomic E-state index is 12.2. The summed E-state index contributed by atoms with van der Waals surface area (Å²) in [5.41, 5.74) is 1.55. The molecular formula is C19H19Cl2N3O2. The van der Waals surface area contributed by atoms with E-state index in [0.29, 0.717) is 41.8 Å². The van der Waals surface area contributed by atoms with E-state index in [9.17, 15) is 9.59 Å². The highest BCUT2D eigenvalue weighted by Crippen LogP contribution is 2.25. The molecule has 1 aliphatic heterocycles. The number of carbonyl (C=O) groups excluding carboxylic acids is 2. The predicted molar refractivity (Wildman–Crippen MR) is 103 cm³/mol. The molecule has 1 atom stereocenters. The van der Waals surface area contributed by atoms with Crippen molar-refractivity contribution in [1.82, 2.24) is 10.2 Å². The fourth-order valence-electron chi connectivity index (χ4n) is 2.94. The van der Waals surface area contributed by atoms with Crippen molar-refractivity contribution in [3.8, 4) is 0 Å². The first-order valence-electron chi connectivity index (χ1n) is 8.33. The molecule has 0 unspecified atom stereocenters. The zero-order valence-electron chi connectivity index (χ0n) is 14.0. The fraction of sp³-hybridized carbons (Fsp3) is 0.263. The zero-order valence-corrected chi connectivity index (χ0v) is 15.6. The topological polar surface area (TPSA) is 61.4 Å². The summed E-state index contributed by atoms with van der Waals surface area (Å²) in [6, 6.07) is 14.4. The Balaban J connectivity index is 1.48. The van der Waals surface area contributed by atoms with E-state index in [-0.39, 0.29) is 17.9 Å². The third-order valence-electron chi connectivity index (χ3n) is 4.24. The quantitative estimate of drug-likeness (QED) is 0.803. The van der Waals surface area contributed by atoms with E-state index in [1.807, 2.05) is 35.2 Å². The number of hydrogen-bond acceptors (Lipinski definition) is 2. The number of nitrogens with one attached hydrogen (secondary N) is 2. The number of benzene rings is 2. The average molecular weight is 392 g/mol. The molecule has 0 bridgehead atoms. The molecule has 136 valence electrons. The molecule has 1 saturated heterocycles. The Morgan fingerprint density at radius 3 is 2.69 bits per heavy atom. The number of anilines is 1. The minimum absolute atomic E-state index is 0.0896. The summed E-state index contributed by atoms with van der Waals surface area (Å²) < 4.78 is 0. The standard InChI is InChI=1S/C19H19Cl2N3O2/c20-15-6-7-16(21)17(9-15)23-19(26)22-10-14-8-18(25)24(12-14)11-13-4-2-1-3-5-13/h1-7,9,14H,8,10-12H2,(H2,22,23,26)/t14-/m1/s1. The van der Waals surface area contributed by atoms with Gasteiger partial charge in [-0.1, -0.05) is 53.5 Å². The SMILES string of the molecule is O=C(NC[C@H]1CC(=O)N(Cc2ccccc2)C1)Nc1cc(Cl)ccc1Cl. The van der Waals surface area contributed by atoms with Crippen molar-refractivity contribution in [2.24, 2.45) is 5.92 Å². The predicted octanol–water partition coefficient (Wildman–Crippen LogP) is 4.16. The van der Waals surface area contributed by atoms with E-state index in [2.05, 4.69) is 10.6 Å². The summed E-state index contributed by atoms with van der Waals surface area (Å²) in [5, 5.41) is 6.37. The van der Waals surface area contributed by atoms with Crippen molar-refractivity contribution in [3.63, 3.8) is 0 Å². The van der Waals surface area contributed by atoms with Gasteiger partial charge >= 0.3 is 6.03 Å². The summed E-state index contributed by atoms with van der Waals surface area (Å²) in [4.78, 5) is 26.1. The summed E-state index contributed by atoms with van der Waals surface area (Å²) in [7, 11) is 0. The van der Waals surface area contributed by atoms with Crippen LogP contribution in [0.4, 0.5) is 10.5 Å². The lowest BCUT2D eigenvalue weighted by Gasteiger charge is -2.17. The van der Waals surface area contributed by atoms with Crippen LogP contribution in [0.5, 0.6) is 0 Å². The van der Waals surface area contributed by atoms with Gasteiger partial charge in [0, 0.05) is 37.0 Å². The first-order valence-corrected chi connectivity index (χ1v) is 9.08. The first kappa shape index (κ1) is 18.5. The molecule has 1 heterocycles. The first-order chi connectivity index (χ1) is 12.5. The summed E-state index contributed by atoms with van der Waals surface area (Å²) in [6.07, 6.45) is 0.436. The Kier molecular flexibility index (Phi) is 6.01. The molecule has 0 radical (unpaired) electrons. The number of likely N-dealkylation sites (tertiary alicyclic amines) is 1. The Hall–Kier alpha value is -2.24. The van der Waals surface area contributed by atoms with Crippen LogP contribution in [0.25, 0.3) is 0 Å². The molecule has 3 amide bonds. The Morgan fingerprint density at radius 1 is 1.15 bits per heavy atom. The molecule has 2 N–H and O–H groups in total. The smallest absolute Gasteiger partial charge is 0.319 e. The number of nitrogens with zero attached hydrogens (tertiary/aromatic N) is 1. The van der Waals surface area contributed by atoms with Gasteiger partial charge in [0.2, 0.25) is 5.91 Å². The third kappa shape index (κ3) is 4.90. The summed E-state index contributed by atoms with van der Waals surface area (Å²) in [6.45, 7) is 1.65. The molecule has 0 saturated carbocycles. The van der Waals surface area contributed by atoms with E-state index in [4.69, 9.17) is 23.2 Å².